The number of sulfonamides is 1. The van der Waals surface area contributed by atoms with Crippen LogP contribution in [0.3, 0.4) is 0 Å². The molecule has 1 rings (SSSR count). The van der Waals surface area contributed by atoms with Crippen LogP contribution in [-0.4, -0.2) is 13.3 Å². The average molecular weight is 360 g/mol. The highest BCUT2D eigenvalue weighted by Gasteiger charge is 2.26. The Kier molecular flexibility index (Phi) is 3.48. The smallest absolute Gasteiger partial charge is 0.258 e. The molecule has 0 unspecified atom stereocenters. The molecule has 9 heteroatoms. The monoisotopic (exact) mass is 358 g/mol. The number of rotatable bonds is 2. The first-order valence-corrected chi connectivity index (χ1v) is 6.53. The Morgan fingerprint density at radius 2 is 1.87 bits per heavy atom. The topological polar surface area (TPSA) is 103 Å². The summed E-state index contributed by atoms with van der Waals surface area (Å²) in [6, 6.07) is 2.44. The van der Waals surface area contributed by atoms with Gasteiger partial charge in [-0.1, -0.05) is 15.9 Å². The lowest BCUT2D eigenvalue weighted by Gasteiger charge is -2.03. The summed E-state index contributed by atoms with van der Waals surface area (Å²) in [5.74, 6) is 0. The first-order chi connectivity index (χ1) is 6.73. The van der Waals surface area contributed by atoms with Crippen LogP contribution in [0.5, 0.6) is 0 Å². The molecule has 0 bridgehead atoms. The molecule has 15 heavy (non-hydrogen) atoms. The number of nitro benzene ring substituents is 1. The number of benzene rings is 1. The Morgan fingerprint density at radius 3 is 2.27 bits per heavy atom. The summed E-state index contributed by atoms with van der Waals surface area (Å²) >= 11 is 5.92. The second-order valence-corrected chi connectivity index (χ2v) is 5.81. The summed E-state index contributed by atoms with van der Waals surface area (Å²) in [5.41, 5.74) is -0.571. The van der Waals surface area contributed by atoms with Crippen LogP contribution in [0.25, 0.3) is 0 Å². The minimum atomic E-state index is -4.14. The zero-order chi connectivity index (χ0) is 11.8. The summed E-state index contributed by atoms with van der Waals surface area (Å²) < 4.78 is 22.7. The van der Waals surface area contributed by atoms with Crippen molar-refractivity contribution >= 4 is 47.6 Å². The molecule has 0 aliphatic carbocycles. The van der Waals surface area contributed by atoms with E-state index in [0.29, 0.717) is 4.47 Å². The highest BCUT2D eigenvalue weighted by Crippen LogP contribution is 2.33. The van der Waals surface area contributed by atoms with Crippen molar-refractivity contribution in [3.63, 3.8) is 0 Å². The molecule has 0 fully saturated rings. The molecule has 0 aromatic heterocycles. The first-order valence-electron chi connectivity index (χ1n) is 3.39. The van der Waals surface area contributed by atoms with Crippen LogP contribution in [0.4, 0.5) is 5.69 Å². The molecular formula is C6H4Br2N2O4S. The molecule has 82 valence electrons. The molecule has 2 N–H and O–H groups in total. The highest BCUT2D eigenvalue weighted by molar-refractivity contribution is 9.11. The Morgan fingerprint density at radius 1 is 1.33 bits per heavy atom. The van der Waals surface area contributed by atoms with E-state index in [2.05, 4.69) is 31.9 Å². The summed E-state index contributed by atoms with van der Waals surface area (Å²) in [6.07, 6.45) is 0. The molecule has 0 saturated heterocycles. The van der Waals surface area contributed by atoms with Crippen molar-refractivity contribution in [3.05, 3.63) is 31.2 Å². The standard InChI is InChI=1S/C6H4Br2N2O4S/c7-3-1-4(8)6(15(9,13)14)5(2-3)10(11)12/h1-2H,(H2,9,13,14). The summed E-state index contributed by atoms with van der Waals surface area (Å²) in [5, 5.41) is 15.5. The fraction of sp³-hybridized carbons (Fsp3) is 0. The Labute approximate surface area is 102 Å². The van der Waals surface area contributed by atoms with Gasteiger partial charge in [0.1, 0.15) is 0 Å². The molecule has 0 amide bonds. The number of nitro groups is 1. The van der Waals surface area contributed by atoms with Crippen LogP contribution in [-0.2, 0) is 10.0 Å². The van der Waals surface area contributed by atoms with Crippen molar-refractivity contribution in [2.75, 3.05) is 0 Å². The van der Waals surface area contributed by atoms with Gasteiger partial charge in [0.25, 0.3) is 5.69 Å². The second-order valence-electron chi connectivity index (χ2n) is 2.54. The number of hydrogen-bond acceptors (Lipinski definition) is 4. The van der Waals surface area contributed by atoms with E-state index in [9.17, 15) is 18.5 Å². The van der Waals surface area contributed by atoms with E-state index in [1.165, 1.54) is 6.07 Å². The lowest BCUT2D eigenvalue weighted by molar-refractivity contribution is -0.388. The third kappa shape index (κ3) is 2.74. The second kappa shape index (κ2) is 4.16. The summed E-state index contributed by atoms with van der Waals surface area (Å²) in [4.78, 5) is 9.27. The van der Waals surface area contributed by atoms with E-state index in [4.69, 9.17) is 5.14 Å². The molecule has 6 nitrogen and oxygen atoms in total. The molecule has 0 spiro atoms. The van der Waals surface area contributed by atoms with Crippen molar-refractivity contribution < 1.29 is 13.3 Å². The van der Waals surface area contributed by atoms with Gasteiger partial charge >= 0.3 is 0 Å². The van der Waals surface area contributed by atoms with E-state index >= 15 is 0 Å². The zero-order valence-corrected chi connectivity index (χ0v) is 11.0. The Hall–Kier alpha value is -0.510. The largest absolute Gasteiger partial charge is 0.291 e. The van der Waals surface area contributed by atoms with Crippen molar-refractivity contribution in [3.8, 4) is 0 Å². The average Bonchev–Trinajstić information content (AvgIpc) is 1.99. The molecule has 0 saturated carbocycles. The van der Waals surface area contributed by atoms with Gasteiger partial charge in [0.05, 0.1) is 4.92 Å². The first kappa shape index (κ1) is 12.6. The summed E-state index contributed by atoms with van der Waals surface area (Å²) in [7, 11) is -4.14. The van der Waals surface area contributed by atoms with Gasteiger partial charge in [0, 0.05) is 15.0 Å². The predicted octanol–water partition coefficient (Wildman–Crippen LogP) is 1.77. The molecule has 1 aromatic rings. The zero-order valence-electron chi connectivity index (χ0n) is 6.98. The van der Waals surface area contributed by atoms with Crippen LogP contribution in [0.2, 0.25) is 0 Å². The quantitative estimate of drug-likeness (QED) is 0.641. The van der Waals surface area contributed by atoms with Crippen LogP contribution in [0.15, 0.2) is 26.0 Å². The van der Waals surface area contributed by atoms with E-state index in [-0.39, 0.29) is 4.47 Å². The Balaban J connectivity index is 3.70. The minimum Gasteiger partial charge on any atom is -0.258 e. The van der Waals surface area contributed by atoms with Crippen LogP contribution in [0.1, 0.15) is 0 Å². The molecule has 0 aliphatic heterocycles. The van der Waals surface area contributed by atoms with Gasteiger partial charge in [-0.2, -0.15) is 0 Å². The molecule has 0 heterocycles. The lowest BCUT2D eigenvalue weighted by Crippen LogP contribution is -2.15. The van der Waals surface area contributed by atoms with E-state index in [0.717, 1.165) is 6.07 Å². The number of nitrogens with two attached hydrogens (primary N) is 1. The lowest BCUT2D eigenvalue weighted by atomic mass is 10.3. The van der Waals surface area contributed by atoms with Crippen LogP contribution in [0, 0.1) is 10.1 Å². The minimum absolute atomic E-state index is 0.0473. The normalized spacial score (nSPS) is 11.4. The van der Waals surface area contributed by atoms with Gasteiger partial charge in [-0.05, 0) is 22.0 Å². The molecular weight excluding hydrogens is 356 g/mol. The third-order valence-corrected chi connectivity index (χ3v) is 3.81. The SMILES string of the molecule is NS(=O)(=O)c1c(Br)cc(Br)cc1[N+](=O)[O-]. The van der Waals surface area contributed by atoms with Crippen molar-refractivity contribution in [2.24, 2.45) is 5.14 Å². The summed E-state index contributed by atoms with van der Waals surface area (Å²) in [6.45, 7) is 0. The maximum atomic E-state index is 11.1. The van der Waals surface area contributed by atoms with Crippen molar-refractivity contribution in [1.82, 2.24) is 0 Å². The fourth-order valence-electron chi connectivity index (χ4n) is 0.964. The number of nitrogens with zero attached hydrogens (tertiary/aromatic N) is 1. The van der Waals surface area contributed by atoms with E-state index < -0.39 is 25.5 Å². The number of halogens is 2. The Bertz CT molecular complexity index is 528. The molecule has 1 aromatic carbocycles. The van der Waals surface area contributed by atoms with Crippen LogP contribution >= 0.6 is 31.9 Å². The molecule has 0 atom stereocenters. The van der Waals surface area contributed by atoms with Crippen molar-refractivity contribution in [2.45, 2.75) is 4.90 Å². The van der Waals surface area contributed by atoms with Gasteiger partial charge in [0.15, 0.2) is 4.90 Å². The van der Waals surface area contributed by atoms with Gasteiger partial charge < -0.3 is 0 Å². The molecule has 0 aliphatic rings. The maximum absolute atomic E-state index is 11.1. The highest BCUT2D eigenvalue weighted by atomic mass is 79.9. The van der Waals surface area contributed by atoms with Gasteiger partial charge in [-0.3, -0.25) is 10.1 Å². The van der Waals surface area contributed by atoms with Crippen LogP contribution < -0.4 is 5.14 Å². The number of primary sulfonamides is 1. The fourth-order valence-corrected chi connectivity index (χ4v) is 3.60. The van der Waals surface area contributed by atoms with E-state index in [1.54, 1.807) is 0 Å². The van der Waals surface area contributed by atoms with Gasteiger partial charge in [0.2, 0.25) is 10.0 Å². The predicted molar refractivity (Wildman–Crippen MR) is 59.9 cm³/mol. The molecule has 0 radical (unpaired) electrons. The van der Waals surface area contributed by atoms with E-state index in [1.807, 2.05) is 0 Å². The van der Waals surface area contributed by atoms with Gasteiger partial charge in [-0.25, -0.2) is 13.6 Å². The van der Waals surface area contributed by atoms with Gasteiger partial charge in [-0.15, -0.1) is 0 Å². The number of hydrogen-bond donors (Lipinski definition) is 1. The van der Waals surface area contributed by atoms with Crippen molar-refractivity contribution in [1.29, 1.82) is 0 Å². The maximum Gasteiger partial charge on any atom is 0.291 e. The third-order valence-electron chi connectivity index (χ3n) is 1.47.